The normalized spacial score (nSPS) is 16.8. The standard InChI is InChI=1S/C30H28N2O6/c1-3-38-21-11-8-18(9-12-21)28(34)26-27(19-10-13-24(33)25(16-19)37-2)32(30(36)29(26)35)15-14-20-17-31-23-7-5-4-6-22(20)23/h4-13,16-17,27,31,33-34H,3,14-15H2,1-2H3/t27-/m0/s1. The smallest absolute Gasteiger partial charge is 0.295 e. The van der Waals surface area contributed by atoms with Gasteiger partial charge in [-0.1, -0.05) is 24.3 Å². The number of ether oxygens (including phenoxy) is 2. The first-order chi connectivity index (χ1) is 18.4. The Labute approximate surface area is 219 Å². The minimum Gasteiger partial charge on any atom is -0.507 e. The summed E-state index contributed by atoms with van der Waals surface area (Å²) in [6.07, 6.45) is 2.39. The van der Waals surface area contributed by atoms with Gasteiger partial charge in [0, 0.05) is 29.2 Å². The van der Waals surface area contributed by atoms with Gasteiger partial charge < -0.3 is 29.6 Å². The lowest BCUT2D eigenvalue weighted by molar-refractivity contribution is -0.139. The number of para-hydroxylation sites is 1. The summed E-state index contributed by atoms with van der Waals surface area (Å²) >= 11 is 0. The number of benzene rings is 3. The number of H-pyrrole nitrogens is 1. The van der Waals surface area contributed by atoms with Crippen LogP contribution in [-0.4, -0.2) is 52.0 Å². The van der Waals surface area contributed by atoms with Crippen molar-refractivity contribution in [2.24, 2.45) is 0 Å². The number of phenols is 1. The monoisotopic (exact) mass is 512 g/mol. The molecule has 4 aromatic rings. The van der Waals surface area contributed by atoms with E-state index in [1.165, 1.54) is 18.1 Å². The fourth-order valence-electron chi connectivity index (χ4n) is 4.93. The Kier molecular flexibility index (Phi) is 6.79. The highest BCUT2D eigenvalue weighted by Crippen LogP contribution is 2.42. The zero-order chi connectivity index (χ0) is 26.8. The van der Waals surface area contributed by atoms with Crippen LogP contribution in [-0.2, 0) is 16.0 Å². The number of likely N-dealkylation sites (tertiary alicyclic amines) is 1. The Morgan fingerprint density at radius 1 is 1.05 bits per heavy atom. The third-order valence-electron chi connectivity index (χ3n) is 6.80. The molecule has 194 valence electrons. The van der Waals surface area contributed by atoms with Crippen molar-refractivity contribution in [2.75, 3.05) is 20.3 Å². The number of nitrogens with zero attached hydrogens (tertiary/aromatic N) is 1. The van der Waals surface area contributed by atoms with Crippen LogP contribution < -0.4 is 9.47 Å². The molecule has 0 aliphatic carbocycles. The van der Waals surface area contributed by atoms with Crippen molar-refractivity contribution in [1.29, 1.82) is 0 Å². The lowest BCUT2D eigenvalue weighted by Crippen LogP contribution is -2.31. The number of Topliss-reactive ketones (excluding diaryl/α,β-unsaturated/α-hetero) is 1. The predicted octanol–water partition coefficient (Wildman–Crippen LogP) is 4.95. The molecule has 8 nitrogen and oxygen atoms in total. The first-order valence-electron chi connectivity index (χ1n) is 12.4. The lowest BCUT2D eigenvalue weighted by atomic mass is 9.94. The SMILES string of the molecule is CCOc1ccc(C(O)=C2C(=O)C(=O)N(CCc3c[nH]c4ccccc34)[C@H]2c2ccc(O)c(OC)c2)cc1. The van der Waals surface area contributed by atoms with Crippen LogP contribution in [0.2, 0.25) is 0 Å². The average Bonchev–Trinajstić information content (AvgIpc) is 3.46. The molecule has 38 heavy (non-hydrogen) atoms. The molecule has 1 amide bonds. The molecule has 3 N–H and O–H groups in total. The Bertz CT molecular complexity index is 1540. The van der Waals surface area contributed by atoms with Crippen molar-refractivity contribution in [3.8, 4) is 17.2 Å². The molecular formula is C30H28N2O6. The van der Waals surface area contributed by atoms with Gasteiger partial charge in [0.1, 0.15) is 11.5 Å². The van der Waals surface area contributed by atoms with Crippen molar-refractivity contribution in [1.82, 2.24) is 9.88 Å². The van der Waals surface area contributed by atoms with Gasteiger partial charge in [-0.25, -0.2) is 0 Å². The number of methoxy groups -OCH3 is 1. The van der Waals surface area contributed by atoms with E-state index in [9.17, 15) is 19.8 Å². The van der Waals surface area contributed by atoms with Crippen LogP contribution >= 0.6 is 0 Å². The molecule has 1 aromatic heterocycles. The topological polar surface area (TPSA) is 112 Å². The van der Waals surface area contributed by atoms with Crippen LogP contribution in [0.25, 0.3) is 16.7 Å². The van der Waals surface area contributed by atoms with Gasteiger partial charge >= 0.3 is 0 Å². The van der Waals surface area contributed by atoms with Gasteiger partial charge in [0.2, 0.25) is 0 Å². The van der Waals surface area contributed by atoms with Crippen molar-refractivity contribution < 1.29 is 29.3 Å². The van der Waals surface area contributed by atoms with Gasteiger partial charge in [0.15, 0.2) is 11.5 Å². The van der Waals surface area contributed by atoms with Crippen LogP contribution in [0.3, 0.4) is 0 Å². The lowest BCUT2D eigenvalue weighted by Gasteiger charge is -2.25. The Balaban J connectivity index is 1.57. The molecule has 1 fully saturated rings. The predicted molar refractivity (Wildman–Crippen MR) is 143 cm³/mol. The van der Waals surface area contributed by atoms with Gasteiger partial charge in [0.05, 0.1) is 25.3 Å². The summed E-state index contributed by atoms with van der Waals surface area (Å²) in [5, 5.41) is 22.5. The minimum absolute atomic E-state index is 0.0224. The maximum Gasteiger partial charge on any atom is 0.295 e. The summed E-state index contributed by atoms with van der Waals surface area (Å²) in [6.45, 7) is 2.60. The number of aliphatic hydroxyl groups excluding tert-OH is 1. The second-order valence-electron chi connectivity index (χ2n) is 8.99. The van der Waals surface area contributed by atoms with Gasteiger partial charge in [-0.3, -0.25) is 9.59 Å². The van der Waals surface area contributed by atoms with E-state index in [2.05, 4.69) is 4.98 Å². The molecular weight excluding hydrogens is 484 g/mol. The number of aromatic amines is 1. The first kappa shape index (κ1) is 25.0. The number of nitrogens with one attached hydrogen (secondary N) is 1. The van der Waals surface area contributed by atoms with E-state index < -0.39 is 17.7 Å². The van der Waals surface area contributed by atoms with Crippen molar-refractivity contribution in [2.45, 2.75) is 19.4 Å². The molecule has 2 heterocycles. The van der Waals surface area contributed by atoms with Gasteiger partial charge in [-0.05, 0) is 66.9 Å². The fourth-order valence-corrected chi connectivity index (χ4v) is 4.93. The van der Waals surface area contributed by atoms with E-state index >= 15 is 0 Å². The van der Waals surface area contributed by atoms with E-state index in [1.54, 1.807) is 36.4 Å². The molecule has 0 spiro atoms. The maximum absolute atomic E-state index is 13.4. The summed E-state index contributed by atoms with van der Waals surface area (Å²) in [4.78, 5) is 31.4. The number of rotatable bonds is 8. The molecule has 1 atom stereocenters. The Morgan fingerprint density at radius 3 is 2.55 bits per heavy atom. The summed E-state index contributed by atoms with van der Waals surface area (Å²) in [7, 11) is 1.42. The fraction of sp³-hybridized carbons (Fsp3) is 0.200. The summed E-state index contributed by atoms with van der Waals surface area (Å²) in [5.41, 5.74) is 2.89. The number of fused-ring (bicyclic) bond motifs is 1. The van der Waals surface area contributed by atoms with E-state index in [0.29, 0.717) is 29.9 Å². The number of aromatic hydroxyl groups is 1. The molecule has 1 aliphatic rings. The van der Waals surface area contributed by atoms with E-state index in [-0.39, 0.29) is 29.4 Å². The summed E-state index contributed by atoms with van der Waals surface area (Å²) < 4.78 is 10.8. The van der Waals surface area contributed by atoms with Crippen LogP contribution in [0.15, 0.2) is 78.5 Å². The third-order valence-corrected chi connectivity index (χ3v) is 6.80. The number of hydrogen-bond acceptors (Lipinski definition) is 6. The number of phenolic OH excluding ortho intramolecular Hbond substituents is 1. The molecule has 0 radical (unpaired) electrons. The quantitative estimate of drug-likeness (QED) is 0.175. The number of ketones is 1. The zero-order valence-electron chi connectivity index (χ0n) is 21.1. The number of amides is 1. The van der Waals surface area contributed by atoms with E-state index in [0.717, 1.165) is 16.5 Å². The second kappa shape index (κ2) is 10.3. The molecule has 0 saturated carbocycles. The Hall–Kier alpha value is -4.72. The number of hydrogen-bond donors (Lipinski definition) is 3. The number of aliphatic hydroxyl groups is 1. The molecule has 3 aromatic carbocycles. The maximum atomic E-state index is 13.4. The minimum atomic E-state index is -0.874. The Morgan fingerprint density at radius 2 is 1.82 bits per heavy atom. The van der Waals surface area contributed by atoms with Crippen molar-refractivity contribution >= 4 is 28.4 Å². The van der Waals surface area contributed by atoms with Crippen LogP contribution in [0.4, 0.5) is 0 Å². The molecule has 0 unspecified atom stereocenters. The highest BCUT2D eigenvalue weighted by molar-refractivity contribution is 6.46. The zero-order valence-corrected chi connectivity index (χ0v) is 21.1. The molecule has 1 aliphatic heterocycles. The van der Waals surface area contributed by atoms with E-state index in [4.69, 9.17) is 9.47 Å². The van der Waals surface area contributed by atoms with Crippen molar-refractivity contribution in [3.63, 3.8) is 0 Å². The van der Waals surface area contributed by atoms with Gasteiger partial charge in [0.25, 0.3) is 11.7 Å². The first-order valence-corrected chi connectivity index (χ1v) is 12.4. The number of carbonyl (C=O) groups excluding carboxylic acids is 2. The van der Waals surface area contributed by atoms with Crippen molar-refractivity contribution in [3.05, 3.63) is 95.2 Å². The molecule has 8 heteroatoms. The molecule has 1 saturated heterocycles. The highest BCUT2D eigenvalue weighted by Gasteiger charge is 2.46. The average molecular weight is 513 g/mol. The largest absolute Gasteiger partial charge is 0.507 e. The number of carbonyl (C=O) groups is 2. The van der Waals surface area contributed by atoms with E-state index in [1.807, 2.05) is 37.4 Å². The third kappa shape index (κ3) is 4.45. The molecule has 5 rings (SSSR count). The summed E-state index contributed by atoms with van der Waals surface area (Å²) in [6, 6.07) is 18.3. The number of aromatic nitrogens is 1. The second-order valence-corrected chi connectivity index (χ2v) is 8.99. The van der Waals surface area contributed by atoms with Crippen LogP contribution in [0.5, 0.6) is 17.2 Å². The summed E-state index contributed by atoms with van der Waals surface area (Å²) in [5.74, 6) is -0.993. The van der Waals surface area contributed by atoms with Gasteiger partial charge in [-0.15, -0.1) is 0 Å². The van der Waals surface area contributed by atoms with Gasteiger partial charge in [-0.2, -0.15) is 0 Å². The highest BCUT2D eigenvalue weighted by atomic mass is 16.5. The van der Waals surface area contributed by atoms with Crippen LogP contribution in [0, 0.1) is 0 Å². The van der Waals surface area contributed by atoms with Crippen LogP contribution in [0.1, 0.15) is 29.7 Å². The molecule has 0 bridgehead atoms.